The molecule has 32 nitrogen and oxygen atoms in total. The van der Waals surface area contributed by atoms with Crippen molar-refractivity contribution in [1.29, 1.82) is 0 Å². The van der Waals surface area contributed by atoms with Crippen LogP contribution in [0.4, 0.5) is 5.95 Å². The van der Waals surface area contributed by atoms with Crippen LogP contribution in [0.5, 0.6) is 17.2 Å². The summed E-state index contributed by atoms with van der Waals surface area (Å²) in [6, 6.07) is 15.4. The molecule has 2 amide bonds. The van der Waals surface area contributed by atoms with Crippen LogP contribution in [-0.2, 0) is 81.4 Å². The number of carboxylic acids is 1. The quantitative estimate of drug-likeness (QED) is 0.0202. The van der Waals surface area contributed by atoms with Gasteiger partial charge < -0.3 is 73.8 Å². The average Bonchev–Trinajstić information content (AvgIpc) is 1.58. The topological polar surface area (TPSA) is 429 Å². The number of benzene rings is 3. The predicted molar refractivity (Wildman–Crippen MR) is 447 cm³/mol. The van der Waals surface area contributed by atoms with Gasteiger partial charge in [0.1, 0.15) is 71.9 Å². The normalized spacial score (nSPS) is 22.7. The maximum absolute atomic E-state index is 13.4. The molecule has 9 aliphatic rings. The smallest absolute Gasteiger partial charge is 0.526 e. The molecule has 2 saturated heterocycles. The fourth-order valence-corrected chi connectivity index (χ4v) is 17.1. The van der Waals surface area contributed by atoms with Crippen LogP contribution in [-0.4, -0.2) is 188 Å². The largest absolute Gasteiger partial charge is 0.535 e. The highest BCUT2D eigenvalue weighted by molar-refractivity contribution is 7.54. The Balaban J connectivity index is 0.000000239. The zero-order chi connectivity index (χ0) is 88.2. The van der Waals surface area contributed by atoms with Crippen LogP contribution in [0.2, 0.25) is 17.5 Å². The molecule has 3 aliphatic heterocycles. The number of aromatic nitrogens is 9. The molecule has 11 atom stereocenters. The summed E-state index contributed by atoms with van der Waals surface area (Å²) >= 11 is 14.4. The highest BCUT2D eigenvalue weighted by Gasteiger charge is 2.70. The van der Waals surface area contributed by atoms with Crippen molar-refractivity contribution in [3.8, 4) is 17.2 Å². The maximum Gasteiger partial charge on any atom is 0.526 e. The number of nitrogens with zero attached hydrogens (tertiary/aromatic N) is 10. The number of carbonyl (C=O) groups excluding carboxylic acids is 7. The molecule has 6 aliphatic carbocycles. The molecule has 7 N–H and O–H groups in total. The molecule has 4 bridgehead atoms. The highest BCUT2D eigenvalue weighted by atomic mass is 35.6. The number of para-hydroxylation sites is 3. The van der Waals surface area contributed by atoms with E-state index in [1.807, 2.05) is 53.7 Å². The number of nitrogens with two attached hydrogens (primary N) is 2. The van der Waals surface area contributed by atoms with E-state index < -0.39 is 84.3 Å². The van der Waals surface area contributed by atoms with Gasteiger partial charge in [-0.25, -0.2) is 33.7 Å². The van der Waals surface area contributed by atoms with E-state index in [4.69, 9.17) is 101 Å². The molecule has 6 aromatic rings. The number of halogens is 3. The van der Waals surface area contributed by atoms with Gasteiger partial charge in [-0.1, -0.05) is 90.4 Å². The van der Waals surface area contributed by atoms with Crippen LogP contribution < -0.4 is 25.6 Å². The molecule has 644 valence electrons. The van der Waals surface area contributed by atoms with Crippen molar-refractivity contribution < 1.29 is 97.2 Å². The SMILES string of the molecule is C.CCO.COc1c(C[C@H](CC(=O)Cn2cnc(C(N)=O)n2)B2O[C@@H]3C[C@@H]4C[C@@H](C4(C)C)[C@]3(C)O2)cccc1C(=O)OC(C)(C)C.ClB(Cl)Cl.NC(=O)c1ncn(CC(=O)C[C@H]2Cc3cccc(C(=O)O)c3OB2O)n1.[2H]CC.[C-]#[N+]c1ncn(CC(=O)C[C@@H](Cc2cccc(C(=O)OC(C)(C)C)c2OC)B2O[C@@H]3C[C@@H]4C[C@@H](C4(C)C)[C@]3(C)O2)n1. The fraction of sp³-hybridized carbons (Fsp3) is 0.588. The molecule has 0 spiro atoms. The summed E-state index contributed by atoms with van der Waals surface area (Å²) in [5, 5.41) is 38.7. The van der Waals surface area contributed by atoms with Crippen molar-refractivity contribution in [3.63, 3.8) is 0 Å². The van der Waals surface area contributed by atoms with E-state index in [1.54, 1.807) is 50.2 Å². The third-order valence-electron chi connectivity index (χ3n) is 22.6. The van der Waals surface area contributed by atoms with E-state index >= 15 is 0 Å². The minimum absolute atomic E-state index is 0. The second kappa shape index (κ2) is 40.7. The molecule has 0 unspecified atom stereocenters. The third-order valence-corrected chi connectivity index (χ3v) is 22.6. The Morgan fingerprint density at radius 1 is 0.664 bits per heavy atom. The first-order valence-electron chi connectivity index (χ1n) is 39.7. The van der Waals surface area contributed by atoms with Crippen LogP contribution in [0.3, 0.4) is 0 Å². The first kappa shape index (κ1) is 95.7. The molecule has 6 saturated carbocycles. The van der Waals surface area contributed by atoms with E-state index in [0.717, 1.165) is 36.8 Å². The first-order chi connectivity index (χ1) is 55.8. The third kappa shape index (κ3) is 23.7. The van der Waals surface area contributed by atoms with Gasteiger partial charge in [-0.05, 0) is 177 Å². The summed E-state index contributed by atoms with van der Waals surface area (Å²) in [6.45, 7) is 35.5. The maximum atomic E-state index is 13.4. The number of fused-ring (bicyclic) bond motifs is 1. The van der Waals surface area contributed by atoms with E-state index in [2.05, 4.69) is 76.6 Å². The number of amides is 2. The first-order valence-corrected chi connectivity index (χ1v) is 40.3. The number of ether oxygens (including phenoxy) is 4. The Kier molecular flexibility index (Phi) is 32.7. The number of methoxy groups -OCH3 is 2. The minimum atomic E-state index is -1.30. The lowest BCUT2D eigenvalue weighted by molar-refractivity contribution is -0.199. The Morgan fingerprint density at radius 3 is 1.41 bits per heavy atom. The molecular weight excluding hydrogens is 1600 g/mol. The standard InChI is InChI=1S/C30H41BN4O7.C30H39BN4O6.C15H15BN4O6.C2H6O.C2H6.CH4.BCl3/c1-28(2,3)40-27(38)21-10-8-9-17(24(21)39-7)11-19(14-20(36)15-35-16-33-26(34-35)25(32)37)31-41-23-13-18-12-22(29(18,4)5)30(23,6)42-31;1-28(2,3)39-26(37)22-11-9-10-18(25(22)38-8)12-20(15-21(36)16-35-17-33-27(32-7)34-35)31-40-24-14-19-13-23(29(19,4)5)30(24,6)41-31;17-13(22)14-18-7-20(19-14)6-10(21)5-9-4-8-2-1-3-11(15(23)24)12(8)26-16(9)25;1-2-3;1-2;;2-1(3)4/h8-10,16,18-19,22-23H,11-15H2,1-7H3,(H2,32,37);9-11,17,19-20,23-24H,12-16H2,1-6,8H3;1-3,7,9,25H,4-6H2,(H2,17,22)(H,23,24);3H,2H2,1H3;1-2H3;1H4;/t18-,19+,22-,23+,30-;19-,20+,23-,24+,30-;9-;;;;/m001..../s1/i;;;;1D;;. The second-order valence-electron chi connectivity index (χ2n) is 33.6. The number of primary amides is 2. The Labute approximate surface area is 712 Å². The van der Waals surface area contributed by atoms with Gasteiger partial charge in [-0.3, -0.25) is 24.0 Å². The molecule has 39 heteroatoms. The van der Waals surface area contributed by atoms with Gasteiger partial charge in [0.15, 0.2) is 23.7 Å². The summed E-state index contributed by atoms with van der Waals surface area (Å²) < 4.78 is 64.9. The van der Waals surface area contributed by atoms with Gasteiger partial charge in [-0.15, -0.1) is 21.8 Å². The number of hydrogen-bond acceptors (Lipinski definition) is 25. The van der Waals surface area contributed by atoms with Gasteiger partial charge in [0.05, 0.1) is 43.2 Å². The van der Waals surface area contributed by atoms with Gasteiger partial charge in [0.25, 0.3) is 11.8 Å². The van der Waals surface area contributed by atoms with Gasteiger partial charge in [0, 0.05) is 44.7 Å². The van der Waals surface area contributed by atoms with E-state index in [0.29, 0.717) is 78.0 Å². The Bertz CT molecular complexity index is 4650. The van der Waals surface area contributed by atoms with Crippen molar-refractivity contribution in [2.75, 3.05) is 20.8 Å². The summed E-state index contributed by atoms with van der Waals surface area (Å²) in [4.78, 5) is 113. The second-order valence-corrected chi connectivity index (χ2v) is 35.6. The number of aliphatic hydroxyl groups excluding tert-OH is 1. The molecular formula is C80H111B4Cl3N12O20. The number of aromatic carboxylic acids is 1. The van der Waals surface area contributed by atoms with E-state index in [1.165, 1.54) is 53.3 Å². The fourth-order valence-electron chi connectivity index (χ4n) is 17.1. The van der Waals surface area contributed by atoms with Crippen LogP contribution >= 0.6 is 34.4 Å². The minimum Gasteiger partial charge on any atom is -0.535 e. The van der Waals surface area contributed by atoms with Crippen LogP contribution in [0.15, 0.2) is 73.6 Å². The lowest BCUT2D eigenvalue weighted by Crippen LogP contribution is -2.65. The van der Waals surface area contributed by atoms with E-state index in [-0.39, 0.29) is 134 Å². The Hall–Kier alpha value is -8.78. The number of esters is 2. The molecule has 119 heavy (non-hydrogen) atoms. The number of carbonyl (C=O) groups is 8. The van der Waals surface area contributed by atoms with Gasteiger partial charge in [-0.2, -0.15) is 39.1 Å². The molecule has 6 heterocycles. The lowest BCUT2D eigenvalue weighted by atomic mass is 9.43. The molecule has 3 aromatic carbocycles. The molecule has 0 radical (unpaired) electrons. The number of ketones is 3. The summed E-state index contributed by atoms with van der Waals surface area (Å²) in [6.07, 6.45) is 9.23. The average molecular weight is 1710 g/mol. The Morgan fingerprint density at radius 2 is 1.05 bits per heavy atom. The van der Waals surface area contributed by atoms with Crippen LogP contribution in [0.25, 0.3) is 4.85 Å². The lowest BCUT2D eigenvalue weighted by Gasteiger charge is -2.64. The highest BCUT2D eigenvalue weighted by Crippen LogP contribution is 2.68. The summed E-state index contributed by atoms with van der Waals surface area (Å²) in [5.41, 5.74) is 11.2. The molecule has 8 fully saturated rings. The number of Topliss-reactive ketones (excluding diaryl/α,β-unsaturated/α-hetero) is 3. The number of carboxylic acid groups (broad SMARTS) is 1. The van der Waals surface area contributed by atoms with Crippen molar-refractivity contribution in [1.82, 2.24) is 44.3 Å². The van der Waals surface area contributed by atoms with Crippen LogP contribution in [0, 0.1) is 41.1 Å². The zero-order valence-electron chi connectivity index (χ0n) is 70.6. The van der Waals surface area contributed by atoms with Crippen LogP contribution in [0.1, 0.15) is 227 Å². The molecule has 15 rings (SSSR count). The summed E-state index contributed by atoms with van der Waals surface area (Å²) in [5.74, 6) is -2.88. The summed E-state index contributed by atoms with van der Waals surface area (Å²) in [7, 11) is 0.504. The monoisotopic (exact) mass is 1710 g/mol. The number of hydrogen-bond donors (Lipinski definition) is 5. The molecule has 3 aromatic heterocycles. The van der Waals surface area contributed by atoms with E-state index in [9.17, 15) is 48.5 Å². The van der Waals surface area contributed by atoms with Crippen molar-refractivity contribution in [3.05, 3.63) is 130 Å². The van der Waals surface area contributed by atoms with Crippen molar-refractivity contribution in [2.45, 2.75) is 247 Å². The number of aliphatic hydroxyl groups is 1. The van der Waals surface area contributed by atoms with Gasteiger partial charge in [0.2, 0.25) is 11.6 Å². The number of rotatable bonds is 25. The van der Waals surface area contributed by atoms with Crippen molar-refractivity contribution in [2.24, 2.45) is 46.0 Å². The van der Waals surface area contributed by atoms with Crippen molar-refractivity contribution >= 4 is 114 Å². The zero-order valence-corrected chi connectivity index (χ0v) is 71.9. The van der Waals surface area contributed by atoms with Gasteiger partial charge >= 0.3 is 50.2 Å². The predicted octanol–water partition coefficient (Wildman–Crippen LogP) is 11.6.